The van der Waals surface area contributed by atoms with Gasteiger partial charge < -0.3 is 0 Å². The Hall–Kier alpha value is -1.99. The van der Waals surface area contributed by atoms with Crippen molar-refractivity contribution >= 4 is 0 Å². The first kappa shape index (κ1) is 13.0. The molecule has 0 aliphatic carbocycles. The lowest BCUT2D eigenvalue weighted by atomic mass is 10.2. The number of fused-ring (bicyclic) bond motifs is 1. The number of hydrogen-bond acceptors (Lipinski definition) is 1. The van der Waals surface area contributed by atoms with E-state index >= 15 is 0 Å². The molecule has 0 saturated carbocycles. The van der Waals surface area contributed by atoms with Crippen LogP contribution in [0.15, 0.2) is 6.33 Å². The molecule has 20 heavy (non-hydrogen) atoms. The summed E-state index contributed by atoms with van der Waals surface area (Å²) in [6, 6.07) is 0. The third-order valence-corrected chi connectivity index (χ3v) is 3.27. The summed E-state index contributed by atoms with van der Waals surface area (Å²) in [7, 11) is 0. The van der Waals surface area contributed by atoms with Crippen molar-refractivity contribution in [3.05, 3.63) is 41.2 Å². The summed E-state index contributed by atoms with van der Waals surface area (Å²) in [4.78, 5) is 0. The number of hydrogen-bond donors (Lipinski definition) is 0. The summed E-state index contributed by atoms with van der Waals surface area (Å²) < 4.78 is 69.0. The quantitative estimate of drug-likeness (QED) is 0.341. The highest BCUT2D eigenvalue weighted by molar-refractivity contribution is 5.36. The fourth-order valence-corrected chi connectivity index (χ4v) is 2.25. The van der Waals surface area contributed by atoms with Gasteiger partial charge in [-0.05, 0) is 12.8 Å². The van der Waals surface area contributed by atoms with Gasteiger partial charge in [0.15, 0.2) is 0 Å². The Morgan fingerprint density at radius 3 is 2.10 bits per heavy atom. The minimum atomic E-state index is -2.17. The molecule has 0 saturated heterocycles. The lowest BCUT2D eigenvalue weighted by Crippen LogP contribution is -2.39. The van der Waals surface area contributed by atoms with Crippen LogP contribution in [-0.2, 0) is 13.0 Å². The number of aryl methyl sites for hydroxylation is 2. The molecule has 2 aromatic rings. The SMILES string of the molecule is Fc1c(F)c(F)c(-n2c[n+]3c(n2)CCCC3)c(F)c1F. The van der Waals surface area contributed by atoms with Crippen LogP contribution in [0.4, 0.5) is 22.0 Å². The van der Waals surface area contributed by atoms with E-state index in [-0.39, 0.29) is 0 Å². The van der Waals surface area contributed by atoms with Crippen LogP contribution in [0.25, 0.3) is 5.69 Å². The molecule has 3 nitrogen and oxygen atoms in total. The zero-order valence-electron chi connectivity index (χ0n) is 10.1. The van der Waals surface area contributed by atoms with Gasteiger partial charge in [-0.25, -0.2) is 17.7 Å². The predicted molar refractivity (Wildman–Crippen MR) is 56.5 cm³/mol. The van der Waals surface area contributed by atoms with Crippen molar-refractivity contribution in [2.75, 3.05) is 0 Å². The minimum absolute atomic E-state index is 0.556. The molecule has 0 amide bonds. The maximum absolute atomic E-state index is 13.7. The molecule has 2 heterocycles. The van der Waals surface area contributed by atoms with E-state index < -0.39 is 34.8 Å². The van der Waals surface area contributed by atoms with Crippen LogP contribution in [0, 0.1) is 29.1 Å². The zero-order valence-corrected chi connectivity index (χ0v) is 10.1. The van der Waals surface area contributed by atoms with Gasteiger partial charge in [0, 0.05) is 11.5 Å². The highest BCUT2D eigenvalue weighted by atomic mass is 19.2. The molecule has 0 atom stereocenters. The molecule has 0 N–H and O–H groups in total. The smallest absolute Gasteiger partial charge is 0.234 e. The second-order valence-electron chi connectivity index (χ2n) is 4.55. The number of aromatic nitrogens is 3. The van der Waals surface area contributed by atoms with Gasteiger partial charge in [-0.3, -0.25) is 0 Å². The first-order chi connectivity index (χ1) is 9.50. The maximum atomic E-state index is 13.7. The Kier molecular flexibility index (Phi) is 2.95. The lowest BCUT2D eigenvalue weighted by Gasteiger charge is -2.04. The summed E-state index contributed by atoms with van der Waals surface area (Å²) in [6.45, 7) is 0.602. The molecule has 1 aromatic carbocycles. The van der Waals surface area contributed by atoms with E-state index in [1.54, 1.807) is 4.57 Å². The van der Waals surface area contributed by atoms with Gasteiger partial charge in [-0.15, -0.1) is 0 Å². The van der Waals surface area contributed by atoms with Crippen LogP contribution in [0.3, 0.4) is 0 Å². The number of halogens is 5. The summed E-state index contributed by atoms with van der Waals surface area (Å²) in [5, 5.41) is 3.90. The second kappa shape index (κ2) is 4.53. The number of benzene rings is 1. The van der Waals surface area contributed by atoms with E-state index in [0.29, 0.717) is 23.5 Å². The first-order valence-corrected chi connectivity index (χ1v) is 6.00. The van der Waals surface area contributed by atoms with Gasteiger partial charge in [-0.1, -0.05) is 4.68 Å². The van der Waals surface area contributed by atoms with Crippen molar-refractivity contribution in [3.8, 4) is 5.69 Å². The molecule has 8 heteroatoms. The van der Waals surface area contributed by atoms with E-state index in [2.05, 4.69) is 5.10 Å². The van der Waals surface area contributed by atoms with Gasteiger partial charge in [-0.2, -0.15) is 8.78 Å². The summed E-state index contributed by atoms with van der Waals surface area (Å²) in [5.41, 5.74) is -1.05. The average molecular weight is 290 g/mol. The molecule has 3 rings (SSSR count). The number of nitrogens with zero attached hydrogens (tertiary/aromatic N) is 3. The summed E-state index contributed by atoms with van der Waals surface area (Å²) in [5.74, 6) is -9.34. The molecule has 1 aliphatic rings. The summed E-state index contributed by atoms with van der Waals surface area (Å²) >= 11 is 0. The van der Waals surface area contributed by atoms with Crippen molar-refractivity contribution in [2.24, 2.45) is 0 Å². The zero-order chi connectivity index (χ0) is 14.4. The molecular weight excluding hydrogens is 281 g/mol. The molecule has 0 radical (unpaired) electrons. The highest BCUT2D eigenvalue weighted by Gasteiger charge is 2.32. The molecule has 0 fully saturated rings. The van der Waals surface area contributed by atoms with E-state index in [4.69, 9.17) is 0 Å². The lowest BCUT2D eigenvalue weighted by molar-refractivity contribution is -0.709. The molecule has 0 unspecified atom stereocenters. The topological polar surface area (TPSA) is 21.7 Å². The molecule has 0 bridgehead atoms. The average Bonchev–Trinajstić information content (AvgIpc) is 2.86. The van der Waals surface area contributed by atoms with E-state index in [1.807, 2.05) is 0 Å². The van der Waals surface area contributed by atoms with Crippen LogP contribution < -0.4 is 4.57 Å². The fraction of sp³-hybridized carbons (Fsp3) is 0.333. The highest BCUT2D eigenvalue weighted by Crippen LogP contribution is 2.25. The van der Waals surface area contributed by atoms with Gasteiger partial charge >= 0.3 is 0 Å². The Morgan fingerprint density at radius 1 is 0.900 bits per heavy atom. The first-order valence-electron chi connectivity index (χ1n) is 6.00. The third kappa shape index (κ3) is 1.78. The Morgan fingerprint density at radius 2 is 1.50 bits per heavy atom. The van der Waals surface area contributed by atoms with Crippen LogP contribution >= 0.6 is 0 Å². The second-order valence-corrected chi connectivity index (χ2v) is 4.55. The molecular formula is C12H9F5N3+. The van der Waals surface area contributed by atoms with Crippen LogP contribution in [0.5, 0.6) is 0 Å². The van der Waals surface area contributed by atoms with E-state index in [9.17, 15) is 22.0 Å². The largest absolute Gasteiger partial charge is 0.277 e. The van der Waals surface area contributed by atoms with Gasteiger partial charge in [0.25, 0.3) is 5.82 Å². The van der Waals surface area contributed by atoms with E-state index in [1.165, 1.54) is 6.33 Å². The molecule has 106 valence electrons. The monoisotopic (exact) mass is 290 g/mol. The standard InChI is InChI=1S/C12H9F5N3/c13-7-8(14)10(16)12(11(17)9(7)15)20-5-19-4-2-1-3-6(19)18-20/h5H,1-4H2/q+1. The fourth-order valence-electron chi connectivity index (χ4n) is 2.25. The Balaban J connectivity index is 2.22. The maximum Gasteiger partial charge on any atom is 0.277 e. The minimum Gasteiger partial charge on any atom is -0.234 e. The van der Waals surface area contributed by atoms with Crippen molar-refractivity contribution in [1.82, 2.24) is 9.78 Å². The third-order valence-electron chi connectivity index (χ3n) is 3.27. The van der Waals surface area contributed by atoms with Crippen molar-refractivity contribution in [1.29, 1.82) is 0 Å². The van der Waals surface area contributed by atoms with Crippen molar-refractivity contribution in [2.45, 2.75) is 25.8 Å². The van der Waals surface area contributed by atoms with Crippen molar-refractivity contribution in [3.63, 3.8) is 0 Å². The van der Waals surface area contributed by atoms with E-state index in [0.717, 1.165) is 12.8 Å². The van der Waals surface area contributed by atoms with Crippen LogP contribution in [0.1, 0.15) is 18.7 Å². The van der Waals surface area contributed by atoms with Crippen LogP contribution in [-0.4, -0.2) is 9.78 Å². The Bertz CT molecular complexity index is 642. The molecule has 0 spiro atoms. The van der Waals surface area contributed by atoms with Gasteiger partial charge in [0.2, 0.25) is 41.1 Å². The molecule has 1 aliphatic heterocycles. The normalized spacial score (nSPS) is 14.4. The Labute approximate surface area is 110 Å². The molecule has 1 aromatic heterocycles. The number of rotatable bonds is 1. The van der Waals surface area contributed by atoms with Crippen LogP contribution in [0.2, 0.25) is 0 Å². The van der Waals surface area contributed by atoms with Crippen molar-refractivity contribution < 1.29 is 26.5 Å². The van der Waals surface area contributed by atoms with Gasteiger partial charge in [0.05, 0.1) is 6.54 Å². The van der Waals surface area contributed by atoms with Gasteiger partial charge in [0.1, 0.15) is 0 Å². The summed E-state index contributed by atoms with van der Waals surface area (Å²) in [6.07, 6.45) is 3.59. The predicted octanol–water partition coefficient (Wildman–Crippen LogP) is 2.19.